The third-order valence-electron chi connectivity index (χ3n) is 2.76. The van der Waals surface area contributed by atoms with E-state index in [2.05, 4.69) is 21.2 Å². The first-order valence-corrected chi connectivity index (χ1v) is 6.62. The van der Waals surface area contributed by atoms with E-state index in [4.69, 9.17) is 5.73 Å². The second-order valence-electron chi connectivity index (χ2n) is 4.20. The normalized spacial score (nSPS) is 10.4. The summed E-state index contributed by atoms with van der Waals surface area (Å²) in [4.78, 5) is 0. The van der Waals surface area contributed by atoms with Crippen LogP contribution >= 0.6 is 15.9 Å². The van der Waals surface area contributed by atoms with Crippen LogP contribution in [-0.4, -0.2) is 11.7 Å². The van der Waals surface area contributed by atoms with Crippen LogP contribution < -0.4 is 11.1 Å². The van der Waals surface area contributed by atoms with E-state index in [1.807, 2.05) is 12.1 Å². The average Bonchev–Trinajstić information content (AvgIpc) is 2.38. The minimum Gasteiger partial charge on any atom is -0.508 e. The van der Waals surface area contributed by atoms with Gasteiger partial charge in [-0.05, 0) is 46.1 Å². The molecule has 0 saturated heterocycles. The SMILES string of the molecule is Nc1cc(Br)c(F)cc1NCCc1ccc(O)cc1. The Morgan fingerprint density at radius 2 is 1.89 bits per heavy atom. The quantitative estimate of drug-likeness (QED) is 0.754. The van der Waals surface area contributed by atoms with Crippen molar-refractivity contribution in [1.29, 1.82) is 0 Å². The molecule has 0 saturated carbocycles. The highest BCUT2D eigenvalue weighted by Crippen LogP contribution is 2.26. The number of aromatic hydroxyl groups is 1. The van der Waals surface area contributed by atoms with Crippen molar-refractivity contribution >= 4 is 27.3 Å². The Morgan fingerprint density at radius 3 is 2.58 bits per heavy atom. The number of benzene rings is 2. The highest BCUT2D eigenvalue weighted by Gasteiger charge is 2.05. The molecule has 2 aromatic carbocycles. The number of phenols is 1. The molecule has 0 amide bonds. The lowest BCUT2D eigenvalue weighted by molar-refractivity contribution is 0.475. The minimum atomic E-state index is -0.346. The van der Waals surface area contributed by atoms with E-state index in [9.17, 15) is 9.50 Å². The van der Waals surface area contributed by atoms with E-state index in [1.165, 1.54) is 12.1 Å². The van der Waals surface area contributed by atoms with Gasteiger partial charge in [-0.1, -0.05) is 12.1 Å². The molecular weight excluding hydrogens is 311 g/mol. The number of anilines is 2. The Labute approximate surface area is 119 Å². The van der Waals surface area contributed by atoms with Crippen LogP contribution in [0.1, 0.15) is 5.56 Å². The van der Waals surface area contributed by atoms with Crippen LogP contribution in [-0.2, 0) is 6.42 Å². The van der Waals surface area contributed by atoms with Crippen molar-refractivity contribution in [3.8, 4) is 5.75 Å². The van der Waals surface area contributed by atoms with Crippen molar-refractivity contribution in [3.63, 3.8) is 0 Å². The van der Waals surface area contributed by atoms with Gasteiger partial charge in [-0.15, -0.1) is 0 Å². The first-order valence-electron chi connectivity index (χ1n) is 5.82. The molecule has 0 atom stereocenters. The third kappa shape index (κ3) is 3.61. The van der Waals surface area contributed by atoms with Crippen LogP contribution in [0.3, 0.4) is 0 Å². The maximum absolute atomic E-state index is 13.4. The monoisotopic (exact) mass is 324 g/mol. The van der Waals surface area contributed by atoms with E-state index in [0.29, 0.717) is 22.4 Å². The highest BCUT2D eigenvalue weighted by molar-refractivity contribution is 9.10. The fraction of sp³-hybridized carbons (Fsp3) is 0.143. The van der Waals surface area contributed by atoms with Crippen LogP contribution in [0.2, 0.25) is 0 Å². The zero-order valence-electron chi connectivity index (χ0n) is 10.2. The molecule has 2 aromatic rings. The minimum absolute atomic E-state index is 0.246. The van der Waals surface area contributed by atoms with Crippen molar-refractivity contribution in [2.45, 2.75) is 6.42 Å². The largest absolute Gasteiger partial charge is 0.508 e. The third-order valence-corrected chi connectivity index (χ3v) is 3.37. The Morgan fingerprint density at radius 1 is 1.21 bits per heavy atom. The van der Waals surface area contributed by atoms with Crippen molar-refractivity contribution in [2.24, 2.45) is 0 Å². The lowest BCUT2D eigenvalue weighted by Gasteiger charge is -2.10. The number of hydrogen-bond acceptors (Lipinski definition) is 3. The molecule has 0 aliphatic carbocycles. The molecule has 0 heterocycles. The van der Waals surface area contributed by atoms with Crippen molar-refractivity contribution in [3.05, 3.63) is 52.3 Å². The molecule has 4 N–H and O–H groups in total. The number of nitrogens with one attached hydrogen (secondary N) is 1. The van der Waals surface area contributed by atoms with E-state index in [0.717, 1.165) is 12.0 Å². The number of nitrogens with two attached hydrogens (primary N) is 1. The zero-order valence-corrected chi connectivity index (χ0v) is 11.7. The number of halogens is 2. The summed E-state index contributed by atoms with van der Waals surface area (Å²) in [5.41, 5.74) is 7.96. The Bertz CT molecular complexity index is 572. The molecule has 0 fully saturated rings. The standard InChI is InChI=1S/C14H14BrFN2O/c15-11-7-13(17)14(8-12(11)16)18-6-5-9-1-3-10(19)4-2-9/h1-4,7-8,18-19H,5-6,17H2. The summed E-state index contributed by atoms with van der Waals surface area (Å²) >= 11 is 3.09. The first kappa shape index (κ1) is 13.7. The van der Waals surface area contributed by atoms with Crippen LogP contribution in [0, 0.1) is 5.82 Å². The second-order valence-corrected chi connectivity index (χ2v) is 5.05. The fourth-order valence-corrected chi connectivity index (χ4v) is 2.08. The number of phenolic OH excluding ortho intramolecular Hbond substituents is 1. The van der Waals surface area contributed by atoms with Crippen LogP contribution in [0.5, 0.6) is 5.75 Å². The topological polar surface area (TPSA) is 58.3 Å². The summed E-state index contributed by atoms with van der Waals surface area (Å²) in [6, 6.07) is 9.89. The lowest BCUT2D eigenvalue weighted by atomic mass is 10.1. The summed E-state index contributed by atoms with van der Waals surface area (Å²) in [5.74, 6) is -0.0998. The van der Waals surface area contributed by atoms with Gasteiger partial charge in [-0.3, -0.25) is 0 Å². The van der Waals surface area contributed by atoms with Gasteiger partial charge in [0, 0.05) is 12.6 Å². The van der Waals surface area contributed by atoms with E-state index >= 15 is 0 Å². The van der Waals surface area contributed by atoms with Gasteiger partial charge in [-0.25, -0.2) is 4.39 Å². The zero-order chi connectivity index (χ0) is 13.8. The average molecular weight is 325 g/mol. The van der Waals surface area contributed by atoms with Gasteiger partial charge in [0.2, 0.25) is 0 Å². The molecule has 2 rings (SSSR count). The molecular formula is C14H14BrFN2O. The lowest BCUT2D eigenvalue weighted by Crippen LogP contribution is -2.07. The molecule has 0 aromatic heterocycles. The van der Waals surface area contributed by atoms with E-state index in [1.54, 1.807) is 12.1 Å². The maximum Gasteiger partial charge on any atom is 0.139 e. The maximum atomic E-state index is 13.4. The van der Waals surface area contributed by atoms with Gasteiger partial charge < -0.3 is 16.2 Å². The molecule has 0 unspecified atom stereocenters. The fourth-order valence-electron chi connectivity index (χ4n) is 1.72. The molecule has 0 bridgehead atoms. The van der Waals surface area contributed by atoms with E-state index < -0.39 is 0 Å². The van der Waals surface area contributed by atoms with Crippen LogP contribution in [0.25, 0.3) is 0 Å². The number of rotatable bonds is 4. The molecule has 3 nitrogen and oxygen atoms in total. The Kier molecular flexibility index (Phi) is 4.27. The summed E-state index contributed by atoms with van der Waals surface area (Å²) in [6.07, 6.45) is 0.761. The molecule has 0 spiro atoms. The van der Waals surface area contributed by atoms with Crippen LogP contribution in [0.15, 0.2) is 40.9 Å². The highest BCUT2D eigenvalue weighted by atomic mass is 79.9. The Hall–Kier alpha value is -1.75. The van der Waals surface area contributed by atoms with Gasteiger partial charge in [0.1, 0.15) is 11.6 Å². The van der Waals surface area contributed by atoms with Crippen molar-refractivity contribution in [1.82, 2.24) is 0 Å². The summed E-state index contributed by atoms with van der Waals surface area (Å²) in [5, 5.41) is 12.3. The van der Waals surface area contributed by atoms with Gasteiger partial charge in [-0.2, -0.15) is 0 Å². The molecule has 0 aliphatic rings. The van der Waals surface area contributed by atoms with Gasteiger partial charge in [0.25, 0.3) is 0 Å². The van der Waals surface area contributed by atoms with Gasteiger partial charge >= 0.3 is 0 Å². The predicted molar refractivity (Wildman–Crippen MR) is 78.8 cm³/mol. The van der Waals surface area contributed by atoms with E-state index in [-0.39, 0.29) is 11.6 Å². The predicted octanol–water partition coefficient (Wildman–Crippen LogP) is 3.53. The van der Waals surface area contributed by atoms with Gasteiger partial charge in [0.15, 0.2) is 0 Å². The van der Waals surface area contributed by atoms with Gasteiger partial charge in [0.05, 0.1) is 15.8 Å². The molecule has 19 heavy (non-hydrogen) atoms. The second kappa shape index (κ2) is 5.93. The molecule has 0 aliphatic heterocycles. The first-order chi connectivity index (χ1) is 9.06. The van der Waals surface area contributed by atoms with Crippen molar-refractivity contribution in [2.75, 3.05) is 17.6 Å². The summed E-state index contributed by atoms with van der Waals surface area (Å²) in [7, 11) is 0. The summed E-state index contributed by atoms with van der Waals surface area (Å²) < 4.78 is 13.7. The number of nitrogen functional groups attached to an aromatic ring is 1. The molecule has 5 heteroatoms. The number of hydrogen-bond donors (Lipinski definition) is 3. The summed E-state index contributed by atoms with van der Waals surface area (Å²) in [6.45, 7) is 0.635. The smallest absolute Gasteiger partial charge is 0.139 e. The van der Waals surface area contributed by atoms with Crippen LogP contribution in [0.4, 0.5) is 15.8 Å². The Balaban J connectivity index is 1.96. The molecule has 0 radical (unpaired) electrons. The molecule has 100 valence electrons. The van der Waals surface area contributed by atoms with Crippen molar-refractivity contribution < 1.29 is 9.50 Å².